The fourth-order valence-electron chi connectivity index (χ4n) is 5.03. The van der Waals surface area contributed by atoms with Crippen LogP contribution in [0.5, 0.6) is 0 Å². The monoisotopic (exact) mass is 488 g/mol. The molecule has 3 aromatic rings. The minimum atomic E-state index is -2.56. The molecule has 34 heavy (non-hydrogen) atoms. The molecule has 0 aromatic carbocycles. The molecule has 0 amide bonds. The van der Waals surface area contributed by atoms with Crippen molar-refractivity contribution in [1.29, 1.82) is 0 Å². The van der Waals surface area contributed by atoms with Crippen LogP contribution in [0.15, 0.2) is 12.3 Å². The molecular weight excluding hydrogens is 458 g/mol. The van der Waals surface area contributed by atoms with Crippen LogP contribution in [0.2, 0.25) is 0 Å². The Morgan fingerprint density at radius 1 is 1.18 bits per heavy atom. The van der Waals surface area contributed by atoms with Crippen molar-refractivity contribution >= 4 is 33.3 Å². The fourth-order valence-corrected chi connectivity index (χ4v) is 6.15. The molecule has 5 rings (SSSR count). The third kappa shape index (κ3) is 4.57. The Kier molecular flexibility index (Phi) is 6.14. The molecule has 2 aliphatic rings. The van der Waals surface area contributed by atoms with Crippen LogP contribution in [-0.2, 0) is 0 Å². The lowest BCUT2D eigenvalue weighted by molar-refractivity contribution is -0.113. The van der Waals surface area contributed by atoms with E-state index in [0.717, 1.165) is 51.4 Å². The van der Waals surface area contributed by atoms with Gasteiger partial charge in [0.15, 0.2) is 0 Å². The van der Waals surface area contributed by atoms with Crippen LogP contribution >= 0.6 is 11.3 Å². The first-order chi connectivity index (χ1) is 16.2. The summed E-state index contributed by atoms with van der Waals surface area (Å²) >= 11 is 1.58. The molecule has 3 heterocycles. The first-order valence-corrected chi connectivity index (χ1v) is 12.7. The minimum Gasteiger partial charge on any atom is -0.396 e. The first kappa shape index (κ1) is 23.3. The van der Waals surface area contributed by atoms with Gasteiger partial charge in [-0.15, -0.1) is 11.3 Å². The van der Waals surface area contributed by atoms with E-state index in [1.807, 2.05) is 26.8 Å². The molecule has 0 radical (unpaired) electrons. The van der Waals surface area contributed by atoms with Crippen molar-refractivity contribution in [2.45, 2.75) is 70.9 Å². The van der Waals surface area contributed by atoms with Gasteiger partial charge < -0.3 is 15.7 Å². The molecule has 0 bridgehead atoms. The third-order valence-corrected chi connectivity index (χ3v) is 8.16. The molecule has 0 spiro atoms. The van der Waals surface area contributed by atoms with Crippen LogP contribution in [0, 0.1) is 25.7 Å². The zero-order valence-corrected chi connectivity index (χ0v) is 20.4. The Balaban J connectivity index is 1.48. The van der Waals surface area contributed by atoms with Gasteiger partial charge in [0.25, 0.3) is 0 Å². The summed E-state index contributed by atoms with van der Waals surface area (Å²) in [5, 5.41) is 17.2. The lowest BCUT2D eigenvalue weighted by atomic mass is 9.77. The topological polar surface area (TPSA) is 95.9 Å². The summed E-state index contributed by atoms with van der Waals surface area (Å²) in [6.45, 7) is 5.97. The van der Waals surface area contributed by atoms with Crippen LogP contribution in [0.1, 0.15) is 50.4 Å². The van der Waals surface area contributed by atoms with Crippen LogP contribution in [0.25, 0.3) is 20.8 Å². The molecule has 3 aromatic heterocycles. The summed E-state index contributed by atoms with van der Waals surface area (Å²) in [6.07, 6.45) is 4.37. The van der Waals surface area contributed by atoms with Crippen molar-refractivity contribution in [3.63, 3.8) is 0 Å². The Morgan fingerprint density at radius 2 is 1.97 bits per heavy atom. The number of thiazole rings is 1. The maximum Gasteiger partial charge on any atom is 0.248 e. The van der Waals surface area contributed by atoms with E-state index < -0.39 is 5.92 Å². The second kappa shape index (κ2) is 8.96. The number of fused-ring (bicyclic) bond motifs is 1. The number of anilines is 2. The van der Waals surface area contributed by atoms with Crippen molar-refractivity contribution < 1.29 is 13.9 Å². The van der Waals surface area contributed by atoms with Gasteiger partial charge in [0.2, 0.25) is 11.9 Å². The van der Waals surface area contributed by atoms with E-state index in [1.54, 1.807) is 17.5 Å². The number of nitrogens with zero attached hydrogens (tertiary/aromatic N) is 4. The van der Waals surface area contributed by atoms with Crippen LogP contribution in [-0.4, -0.2) is 49.7 Å². The number of aliphatic hydroxyl groups is 1. The lowest BCUT2D eigenvalue weighted by Gasteiger charge is -2.39. The number of alkyl halides is 2. The number of hydrogen-bond donors (Lipinski definition) is 3. The standard InChI is InChI=1S/C24H30F2N6OS/c1-12(16-9-24(25,26)10-16)28-23-29-13(2)19(21(32-23)30-17-5-4-15(8-17)11-33)22-31-20-14(3)27-7-6-18(20)34-22/h6-7,12,15-17,33H,4-5,8-11H2,1-3H3,(H2,28,29,30,32). The highest BCUT2D eigenvalue weighted by molar-refractivity contribution is 7.21. The van der Waals surface area contributed by atoms with Crippen molar-refractivity contribution in [1.82, 2.24) is 19.9 Å². The minimum absolute atomic E-state index is 0.102. The highest BCUT2D eigenvalue weighted by Gasteiger charge is 2.47. The molecule has 3 unspecified atom stereocenters. The highest BCUT2D eigenvalue weighted by atomic mass is 32.1. The number of aliphatic hydroxyl groups excluding tert-OH is 1. The number of aromatic nitrogens is 4. The predicted octanol–water partition coefficient (Wildman–Crippen LogP) is 5.18. The van der Waals surface area contributed by atoms with E-state index in [4.69, 9.17) is 9.97 Å². The van der Waals surface area contributed by atoms with Gasteiger partial charge in [-0.2, -0.15) is 4.98 Å². The van der Waals surface area contributed by atoms with Crippen LogP contribution in [0.3, 0.4) is 0 Å². The van der Waals surface area contributed by atoms with Gasteiger partial charge in [-0.1, -0.05) is 0 Å². The van der Waals surface area contributed by atoms with E-state index in [0.29, 0.717) is 11.8 Å². The average Bonchev–Trinajstić information content (AvgIpc) is 3.39. The molecule has 182 valence electrons. The number of nitrogens with one attached hydrogen (secondary N) is 2. The molecule has 3 atom stereocenters. The van der Waals surface area contributed by atoms with E-state index in [-0.39, 0.29) is 43.4 Å². The third-order valence-electron chi connectivity index (χ3n) is 7.12. The summed E-state index contributed by atoms with van der Waals surface area (Å²) in [7, 11) is 0. The Morgan fingerprint density at radius 3 is 2.65 bits per heavy atom. The smallest absolute Gasteiger partial charge is 0.248 e. The Labute approximate surface area is 201 Å². The van der Waals surface area contributed by atoms with Crippen molar-refractivity contribution in [2.24, 2.45) is 11.8 Å². The SMILES string of the molecule is Cc1nc(NC(C)C2CC(F)(F)C2)nc(NC2CCC(CO)C2)c1-c1nc2c(C)nccc2s1. The van der Waals surface area contributed by atoms with E-state index in [2.05, 4.69) is 20.6 Å². The van der Waals surface area contributed by atoms with Crippen LogP contribution in [0.4, 0.5) is 20.5 Å². The van der Waals surface area contributed by atoms with Crippen LogP contribution < -0.4 is 10.6 Å². The summed E-state index contributed by atoms with van der Waals surface area (Å²) in [6, 6.07) is 2.00. The summed E-state index contributed by atoms with van der Waals surface area (Å²) < 4.78 is 27.8. The maximum absolute atomic E-state index is 13.4. The van der Waals surface area contributed by atoms with Gasteiger partial charge in [0.1, 0.15) is 16.3 Å². The van der Waals surface area contributed by atoms with E-state index in [9.17, 15) is 13.9 Å². The van der Waals surface area contributed by atoms with Crippen molar-refractivity contribution in [2.75, 3.05) is 17.2 Å². The molecule has 7 nitrogen and oxygen atoms in total. The van der Waals surface area contributed by atoms with E-state index in [1.165, 1.54) is 0 Å². The molecule has 2 fully saturated rings. The lowest BCUT2D eigenvalue weighted by Crippen LogP contribution is -2.44. The largest absolute Gasteiger partial charge is 0.396 e. The fraction of sp³-hybridized carbons (Fsp3) is 0.583. The Bertz CT molecular complexity index is 1190. The quantitative estimate of drug-likeness (QED) is 0.421. The van der Waals surface area contributed by atoms with Gasteiger partial charge in [0, 0.05) is 37.7 Å². The van der Waals surface area contributed by atoms with Gasteiger partial charge in [0.05, 0.1) is 21.7 Å². The predicted molar refractivity (Wildman–Crippen MR) is 131 cm³/mol. The number of rotatable bonds is 7. The van der Waals surface area contributed by atoms with Crippen molar-refractivity contribution in [3.05, 3.63) is 23.7 Å². The number of halogens is 2. The number of hydrogen-bond acceptors (Lipinski definition) is 8. The second-order valence-corrected chi connectivity index (χ2v) is 10.8. The molecule has 2 saturated carbocycles. The molecule has 2 aliphatic carbocycles. The zero-order chi connectivity index (χ0) is 24.0. The molecule has 3 N–H and O–H groups in total. The first-order valence-electron chi connectivity index (χ1n) is 11.9. The highest BCUT2D eigenvalue weighted by Crippen LogP contribution is 2.45. The van der Waals surface area contributed by atoms with Gasteiger partial charge in [-0.3, -0.25) is 4.98 Å². The summed E-state index contributed by atoms with van der Waals surface area (Å²) in [5.41, 5.74) is 3.36. The van der Waals surface area contributed by atoms with Gasteiger partial charge >= 0.3 is 0 Å². The Hall–Kier alpha value is -2.46. The average molecular weight is 489 g/mol. The number of aryl methyl sites for hydroxylation is 2. The summed E-state index contributed by atoms with van der Waals surface area (Å²) in [5.74, 6) is -1.25. The number of pyridine rings is 1. The normalized spacial score (nSPS) is 23.1. The van der Waals surface area contributed by atoms with Crippen molar-refractivity contribution in [3.8, 4) is 10.6 Å². The van der Waals surface area contributed by atoms with Gasteiger partial charge in [-0.25, -0.2) is 18.7 Å². The van der Waals surface area contributed by atoms with Gasteiger partial charge in [-0.05, 0) is 57.9 Å². The molecular formula is C24H30F2N6OS. The van der Waals surface area contributed by atoms with E-state index >= 15 is 0 Å². The molecule has 0 aliphatic heterocycles. The molecule has 0 saturated heterocycles. The molecule has 10 heteroatoms. The second-order valence-electron chi connectivity index (χ2n) is 9.78. The summed E-state index contributed by atoms with van der Waals surface area (Å²) in [4.78, 5) is 18.7. The maximum atomic E-state index is 13.4. The zero-order valence-electron chi connectivity index (χ0n) is 19.6.